The van der Waals surface area contributed by atoms with Gasteiger partial charge in [-0.3, -0.25) is 0 Å². The number of para-hydroxylation sites is 2. The molecule has 0 N–H and O–H groups in total. The zero-order chi connectivity index (χ0) is 25.3. The van der Waals surface area contributed by atoms with Crippen LogP contribution in [0.1, 0.15) is 22.3 Å². The second kappa shape index (κ2) is 8.14. The predicted molar refractivity (Wildman–Crippen MR) is 157 cm³/mol. The van der Waals surface area contributed by atoms with E-state index in [4.69, 9.17) is 4.74 Å². The van der Waals surface area contributed by atoms with Gasteiger partial charge in [-0.05, 0) is 103 Å². The van der Waals surface area contributed by atoms with Crippen LogP contribution in [0.15, 0.2) is 97.1 Å². The maximum Gasteiger partial charge on any atom is 0.256 e. The number of rotatable bonds is 2. The quantitative estimate of drug-likeness (QED) is 0.249. The maximum atomic E-state index is 6.95. The number of aryl methyl sites for hydroxylation is 4. The largest absolute Gasteiger partial charge is 0.458 e. The summed E-state index contributed by atoms with van der Waals surface area (Å²) in [6, 6.07) is 35.1. The minimum Gasteiger partial charge on any atom is -0.458 e. The summed E-state index contributed by atoms with van der Waals surface area (Å²) in [6.07, 6.45) is 0. The Hall–Kier alpha value is -4.24. The van der Waals surface area contributed by atoms with Crippen molar-refractivity contribution in [1.82, 2.24) is 0 Å². The fourth-order valence-electron chi connectivity index (χ4n) is 6.49. The number of fused-ring (bicyclic) bond motifs is 4. The molecule has 0 saturated heterocycles. The van der Waals surface area contributed by atoms with Crippen LogP contribution < -0.4 is 26.0 Å². The van der Waals surface area contributed by atoms with Crippen molar-refractivity contribution in [2.75, 3.05) is 4.90 Å². The summed E-state index contributed by atoms with van der Waals surface area (Å²) in [4.78, 5) is 2.40. The van der Waals surface area contributed by atoms with Crippen molar-refractivity contribution in [2.24, 2.45) is 0 Å². The van der Waals surface area contributed by atoms with Crippen LogP contribution in [0.2, 0.25) is 0 Å². The minimum absolute atomic E-state index is 0.106. The standard InChI is InChI=1S/C34H28BNO/c1-21-19-24(4)32-30(20-21)37-34-26(31-22(2)11-10-12-23(31)3)17-18-29-33(34)35(32)27-15-8-9-16-28(27)36(29)25-13-6-5-7-14-25/h5-20H,1-4H3. The lowest BCUT2D eigenvalue weighted by atomic mass is 9.33. The Labute approximate surface area is 219 Å². The molecular formula is C34H28BNO. The minimum atomic E-state index is 0.106. The number of benzene rings is 5. The van der Waals surface area contributed by atoms with Gasteiger partial charge < -0.3 is 9.64 Å². The summed E-state index contributed by atoms with van der Waals surface area (Å²) in [6.45, 7) is 8.88. The monoisotopic (exact) mass is 477 g/mol. The van der Waals surface area contributed by atoms with E-state index in [0.717, 1.165) is 22.7 Å². The molecule has 0 aromatic heterocycles. The first kappa shape index (κ1) is 22.0. The Balaban J connectivity index is 1.61. The molecule has 0 unspecified atom stereocenters. The molecule has 2 aliphatic heterocycles. The fraction of sp³-hybridized carbons (Fsp3) is 0.118. The molecule has 0 spiro atoms. The fourth-order valence-corrected chi connectivity index (χ4v) is 6.49. The Morgan fingerprint density at radius 2 is 1.35 bits per heavy atom. The first-order valence-electron chi connectivity index (χ1n) is 13.0. The van der Waals surface area contributed by atoms with Gasteiger partial charge in [-0.25, -0.2) is 0 Å². The van der Waals surface area contributed by atoms with E-state index in [9.17, 15) is 0 Å². The summed E-state index contributed by atoms with van der Waals surface area (Å²) in [7, 11) is 0. The van der Waals surface area contributed by atoms with Crippen LogP contribution in [0.4, 0.5) is 17.1 Å². The summed E-state index contributed by atoms with van der Waals surface area (Å²) < 4.78 is 6.95. The molecule has 3 heteroatoms. The molecule has 37 heavy (non-hydrogen) atoms. The third kappa shape index (κ3) is 3.20. The van der Waals surface area contributed by atoms with E-state index in [2.05, 4.69) is 130 Å². The smallest absolute Gasteiger partial charge is 0.256 e. The van der Waals surface area contributed by atoms with Crippen LogP contribution in [-0.4, -0.2) is 6.71 Å². The second-order valence-electron chi connectivity index (χ2n) is 10.4. The summed E-state index contributed by atoms with van der Waals surface area (Å²) in [5.41, 5.74) is 14.9. The molecule has 0 amide bonds. The number of ether oxygens (including phenoxy) is 1. The summed E-state index contributed by atoms with van der Waals surface area (Å²) in [5.74, 6) is 1.95. The molecule has 0 aliphatic carbocycles. The van der Waals surface area contributed by atoms with Gasteiger partial charge in [0.15, 0.2) is 0 Å². The molecule has 2 nitrogen and oxygen atoms in total. The zero-order valence-corrected chi connectivity index (χ0v) is 21.7. The number of hydrogen-bond donors (Lipinski definition) is 0. The summed E-state index contributed by atoms with van der Waals surface area (Å²) >= 11 is 0. The Bertz CT molecular complexity index is 1690. The highest BCUT2D eigenvalue weighted by atomic mass is 16.5. The van der Waals surface area contributed by atoms with E-state index >= 15 is 0 Å². The van der Waals surface area contributed by atoms with Gasteiger partial charge in [0.1, 0.15) is 11.5 Å². The Morgan fingerprint density at radius 1 is 0.622 bits per heavy atom. The number of hydrogen-bond acceptors (Lipinski definition) is 2. The molecule has 5 aromatic carbocycles. The van der Waals surface area contributed by atoms with Gasteiger partial charge in [0.05, 0.1) is 0 Å². The van der Waals surface area contributed by atoms with Crippen molar-refractivity contribution < 1.29 is 4.74 Å². The Morgan fingerprint density at radius 3 is 2.14 bits per heavy atom. The molecule has 0 saturated carbocycles. The molecular weight excluding hydrogens is 449 g/mol. The van der Waals surface area contributed by atoms with Crippen molar-refractivity contribution in [3.63, 3.8) is 0 Å². The van der Waals surface area contributed by atoms with E-state index in [1.807, 2.05) is 0 Å². The van der Waals surface area contributed by atoms with Gasteiger partial charge in [-0.15, -0.1) is 0 Å². The SMILES string of the molecule is Cc1cc(C)c2c(c1)Oc1c(-c3c(C)cccc3C)ccc3c1B2c1ccccc1N3c1ccccc1. The summed E-state index contributed by atoms with van der Waals surface area (Å²) in [5, 5.41) is 0. The maximum absolute atomic E-state index is 6.95. The van der Waals surface area contributed by atoms with Crippen LogP contribution in [0, 0.1) is 27.7 Å². The molecule has 0 atom stereocenters. The lowest BCUT2D eigenvalue weighted by molar-refractivity contribution is 0.488. The number of anilines is 3. The van der Waals surface area contributed by atoms with Gasteiger partial charge in [0, 0.05) is 22.6 Å². The lowest BCUT2D eigenvalue weighted by Gasteiger charge is -2.41. The van der Waals surface area contributed by atoms with E-state index in [0.29, 0.717) is 0 Å². The molecule has 7 rings (SSSR count). The number of nitrogens with zero attached hydrogens (tertiary/aromatic N) is 1. The molecule has 178 valence electrons. The van der Waals surface area contributed by atoms with Gasteiger partial charge in [0.25, 0.3) is 6.71 Å². The Kier molecular flexibility index (Phi) is 4.84. The van der Waals surface area contributed by atoms with Crippen LogP contribution in [-0.2, 0) is 0 Å². The van der Waals surface area contributed by atoms with E-state index in [1.165, 1.54) is 55.6 Å². The highest BCUT2D eigenvalue weighted by Crippen LogP contribution is 2.45. The molecule has 0 fully saturated rings. The zero-order valence-electron chi connectivity index (χ0n) is 21.7. The van der Waals surface area contributed by atoms with Crippen LogP contribution in [0.25, 0.3) is 11.1 Å². The molecule has 2 aliphatic rings. The topological polar surface area (TPSA) is 12.5 Å². The van der Waals surface area contributed by atoms with Crippen molar-refractivity contribution in [1.29, 1.82) is 0 Å². The molecule has 0 radical (unpaired) electrons. The van der Waals surface area contributed by atoms with Gasteiger partial charge >= 0.3 is 0 Å². The van der Waals surface area contributed by atoms with E-state index in [1.54, 1.807) is 0 Å². The predicted octanol–water partition coefficient (Wildman–Crippen LogP) is 6.99. The highest BCUT2D eigenvalue weighted by molar-refractivity contribution is 6.99. The highest BCUT2D eigenvalue weighted by Gasteiger charge is 2.43. The third-order valence-corrected chi connectivity index (χ3v) is 7.95. The van der Waals surface area contributed by atoms with E-state index < -0.39 is 0 Å². The second-order valence-corrected chi connectivity index (χ2v) is 10.4. The van der Waals surface area contributed by atoms with Crippen molar-refractivity contribution in [3.8, 4) is 22.6 Å². The molecule has 5 aromatic rings. The first-order chi connectivity index (χ1) is 18.0. The van der Waals surface area contributed by atoms with Crippen LogP contribution >= 0.6 is 0 Å². The van der Waals surface area contributed by atoms with E-state index in [-0.39, 0.29) is 6.71 Å². The van der Waals surface area contributed by atoms with Crippen molar-refractivity contribution >= 4 is 40.2 Å². The molecule has 0 bridgehead atoms. The van der Waals surface area contributed by atoms with Crippen LogP contribution in [0.5, 0.6) is 11.5 Å². The molecule has 2 heterocycles. The van der Waals surface area contributed by atoms with Crippen molar-refractivity contribution in [3.05, 3.63) is 119 Å². The van der Waals surface area contributed by atoms with Gasteiger partial charge in [-0.2, -0.15) is 0 Å². The average Bonchev–Trinajstić information content (AvgIpc) is 2.89. The van der Waals surface area contributed by atoms with Gasteiger partial charge in [-0.1, -0.05) is 66.2 Å². The third-order valence-electron chi connectivity index (χ3n) is 7.95. The normalized spacial score (nSPS) is 13.0. The van der Waals surface area contributed by atoms with Gasteiger partial charge in [0.2, 0.25) is 0 Å². The van der Waals surface area contributed by atoms with Crippen LogP contribution in [0.3, 0.4) is 0 Å². The average molecular weight is 477 g/mol. The first-order valence-corrected chi connectivity index (χ1v) is 13.0. The lowest BCUT2D eigenvalue weighted by Crippen LogP contribution is -2.60. The van der Waals surface area contributed by atoms with Crippen molar-refractivity contribution in [2.45, 2.75) is 27.7 Å².